The summed E-state index contributed by atoms with van der Waals surface area (Å²) in [5.74, 6) is 0.471. The molecule has 5 nitrogen and oxygen atoms in total. The molecule has 2 aromatic heterocycles. The predicted octanol–water partition coefficient (Wildman–Crippen LogP) is 0.682. The van der Waals surface area contributed by atoms with Crippen molar-refractivity contribution in [1.29, 1.82) is 0 Å². The first kappa shape index (κ1) is 9.39. The lowest BCUT2D eigenvalue weighted by Crippen LogP contribution is -2.17. The summed E-state index contributed by atoms with van der Waals surface area (Å²) in [5.41, 5.74) is 0.308. The minimum Gasteiger partial charge on any atom is -0.298 e. The van der Waals surface area contributed by atoms with E-state index < -0.39 is 0 Å². The van der Waals surface area contributed by atoms with Crippen LogP contribution in [0.1, 0.15) is 16.1 Å². The van der Waals surface area contributed by atoms with Gasteiger partial charge >= 0.3 is 0 Å². The molecule has 0 saturated heterocycles. The molecule has 0 aliphatic rings. The zero-order valence-corrected chi connectivity index (χ0v) is 8.10. The van der Waals surface area contributed by atoms with E-state index in [2.05, 4.69) is 10.1 Å². The second-order valence-electron chi connectivity index (χ2n) is 3.10. The van der Waals surface area contributed by atoms with E-state index in [9.17, 15) is 9.59 Å². The Bertz CT molecular complexity index is 540. The summed E-state index contributed by atoms with van der Waals surface area (Å²) in [6.45, 7) is 1.67. The Hall–Kier alpha value is -2.17. The third-order valence-electron chi connectivity index (χ3n) is 2.11. The number of H-pyrrole nitrogens is 1. The first-order valence-corrected chi connectivity index (χ1v) is 4.42. The smallest absolute Gasteiger partial charge is 0.283 e. The van der Waals surface area contributed by atoms with Gasteiger partial charge in [0.25, 0.3) is 5.56 Å². The average Bonchev–Trinajstić information content (AvgIpc) is 2.55. The highest BCUT2D eigenvalue weighted by Gasteiger charge is 2.11. The lowest BCUT2D eigenvalue weighted by Gasteiger charge is -1.97. The number of hydrogen-bond acceptors (Lipinski definition) is 3. The Morgan fingerprint density at radius 1 is 1.47 bits per heavy atom. The lowest BCUT2D eigenvalue weighted by atomic mass is 10.3. The van der Waals surface area contributed by atoms with E-state index in [4.69, 9.17) is 0 Å². The summed E-state index contributed by atoms with van der Waals surface area (Å²) in [6.07, 6.45) is 2.13. The maximum atomic E-state index is 11.7. The number of nitrogens with zero attached hydrogens (tertiary/aromatic N) is 2. The first-order chi connectivity index (χ1) is 7.24. The van der Waals surface area contributed by atoms with Crippen LogP contribution in [0, 0.1) is 6.92 Å². The van der Waals surface area contributed by atoms with E-state index in [1.54, 1.807) is 31.3 Å². The second kappa shape index (κ2) is 3.53. The van der Waals surface area contributed by atoms with E-state index in [0.29, 0.717) is 17.8 Å². The monoisotopic (exact) mass is 203 g/mol. The zero-order valence-electron chi connectivity index (χ0n) is 8.10. The number of nitrogens with one attached hydrogen (secondary N) is 1. The molecule has 0 aromatic carbocycles. The van der Waals surface area contributed by atoms with E-state index in [1.807, 2.05) is 0 Å². The topological polar surface area (TPSA) is 67.8 Å². The summed E-state index contributed by atoms with van der Waals surface area (Å²) in [4.78, 5) is 26.3. The van der Waals surface area contributed by atoms with E-state index in [-0.39, 0.29) is 11.1 Å². The van der Waals surface area contributed by atoms with Crippen molar-refractivity contribution >= 4 is 6.29 Å². The molecule has 0 bridgehead atoms. The molecule has 15 heavy (non-hydrogen) atoms. The van der Waals surface area contributed by atoms with Crippen LogP contribution >= 0.6 is 0 Å². The van der Waals surface area contributed by atoms with E-state index in [0.717, 1.165) is 0 Å². The van der Waals surface area contributed by atoms with Gasteiger partial charge in [0, 0.05) is 11.9 Å². The highest BCUT2D eigenvalue weighted by molar-refractivity contribution is 5.75. The number of pyridine rings is 1. The van der Waals surface area contributed by atoms with Crippen molar-refractivity contribution in [2.24, 2.45) is 0 Å². The summed E-state index contributed by atoms with van der Waals surface area (Å²) in [6, 6.07) is 5.21. The molecule has 0 amide bonds. The molecule has 0 aliphatic carbocycles. The molecule has 0 radical (unpaired) electrons. The number of carbonyl (C=O) groups is 1. The standard InChI is InChI=1S/C10H9N3O2/c1-7-8(6-14)10(15)13(12-7)9-4-2-3-5-11-9/h2-6,12H,1H3. The molecular weight excluding hydrogens is 194 g/mol. The number of aromatic amines is 1. The zero-order chi connectivity index (χ0) is 10.8. The van der Waals surface area contributed by atoms with E-state index in [1.165, 1.54) is 4.68 Å². The molecule has 2 rings (SSSR count). The van der Waals surface area contributed by atoms with Crippen molar-refractivity contribution < 1.29 is 4.79 Å². The number of aromatic nitrogens is 3. The van der Waals surface area contributed by atoms with Gasteiger partial charge in [0.05, 0.1) is 0 Å². The Morgan fingerprint density at radius 3 is 2.80 bits per heavy atom. The van der Waals surface area contributed by atoms with Crippen LogP contribution in [0.2, 0.25) is 0 Å². The molecule has 0 saturated carbocycles. The second-order valence-corrected chi connectivity index (χ2v) is 3.10. The van der Waals surface area contributed by atoms with Gasteiger partial charge in [-0.3, -0.25) is 14.7 Å². The summed E-state index contributed by atoms with van der Waals surface area (Å²) < 4.78 is 1.25. The number of hydrogen-bond donors (Lipinski definition) is 1. The molecule has 5 heteroatoms. The maximum absolute atomic E-state index is 11.7. The molecule has 2 aromatic rings. The summed E-state index contributed by atoms with van der Waals surface area (Å²) >= 11 is 0. The summed E-state index contributed by atoms with van der Waals surface area (Å²) in [5, 5.41) is 2.79. The third-order valence-corrected chi connectivity index (χ3v) is 2.11. The van der Waals surface area contributed by atoms with Crippen molar-refractivity contribution in [2.45, 2.75) is 6.92 Å². The highest BCUT2D eigenvalue weighted by Crippen LogP contribution is 2.01. The molecule has 2 heterocycles. The van der Waals surface area contributed by atoms with Crippen LogP contribution in [0.15, 0.2) is 29.2 Å². The molecule has 0 unspecified atom stereocenters. The fraction of sp³-hybridized carbons (Fsp3) is 0.100. The van der Waals surface area contributed by atoms with Crippen LogP contribution in [0.5, 0.6) is 0 Å². The van der Waals surface area contributed by atoms with Crippen LogP contribution in [0.3, 0.4) is 0 Å². The van der Waals surface area contributed by atoms with E-state index >= 15 is 0 Å². The fourth-order valence-corrected chi connectivity index (χ4v) is 1.35. The number of rotatable bonds is 2. The molecule has 0 atom stereocenters. The minimum atomic E-state index is -0.374. The predicted molar refractivity (Wildman–Crippen MR) is 54.3 cm³/mol. The van der Waals surface area contributed by atoms with Crippen molar-refractivity contribution in [2.75, 3.05) is 0 Å². The minimum absolute atomic E-state index is 0.139. The lowest BCUT2D eigenvalue weighted by molar-refractivity contribution is 0.112. The number of aldehydes is 1. The number of aryl methyl sites for hydroxylation is 1. The van der Waals surface area contributed by atoms with Crippen molar-refractivity contribution in [1.82, 2.24) is 14.8 Å². The van der Waals surface area contributed by atoms with Gasteiger partial charge in [-0.1, -0.05) is 6.07 Å². The van der Waals surface area contributed by atoms with Gasteiger partial charge in [-0.15, -0.1) is 0 Å². The largest absolute Gasteiger partial charge is 0.298 e. The van der Waals surface area contributed by atoms with Crippen LogP contribution in [-0.4, -0.2) is 21.1 Å². The number of carbonyl (C=O) groups excluding carboxylic acids is 1. The van der Waals surface area contributed by atoms with Gasteiger partial charge in [-0.2, -0.15) is 0 Å². The van der Waals surface area contributed by atoms with Gasteiger partial charge in [0.2, 0.25) is 0 Å². The average molecular weight is 203 g/mol. The first-order valence-electron chi connectivity index (χ1n) is 4.42. The summed E-state index contributed by atoms with van der Waals surface area (Å²) in [7, 11) is 0. The van der Waals surface area contributed by atoms with Gasteiger partial charge in [-0.05, 0) is 19.1 Å². The molecule has 76 valence electrons. The quantitative estimate of drug-likeness (QED) is 0.730. The van der Waals surface area contributed by atoms with Crippen LogP contribution in [0.4, 0.5) is 0 Å². The normalized spacial score (nSPS) is 10.2. The van der Waals surface area contributed by atoms with Crippen molar-refractivity contribution in [3.05, 3.63) is 46.0 Å². The van der Waals surface area contributed by atoms with Gasteiger partial charge in [0.1, 0.15) is 5.56 Å². The van der Waals surface area contributed by atoms with Gasteiger partial charge in [-0.25, -0.2) is 9.67 Å². The van der Waals surface area contributed by atoms with Gasteiger partial charge in [0.15, 0.2) is 12.1 Å². The highest BCUT2D eigenvalue weighted by atomic mass is 16.1. The van der Waals surface area contributed by atoms with Crippen LogP contribution < -0.4 is 5.56 Å². The third kappa shape index (κ3) is 1.48. The van der Waals surface area contributed by atoms with Crippen molar-refractivity contribution in [3.63, 3.8) is 0 Å². The molecule has 0 fully saturated rings. The Kier molecular flexibility index (Phi) is 2.21. The van der Waals surface area contributed by atoms with Crippen LogP contribution in [-0.2, 0) is 0 Å². The molecular formula is C10H9N3O2. The van der Waals surface area contributed by atoms with Crippen molar-refractivity contribution in [3.8, 4) is 5.82 Å². The molecule has 1 N–H and O–H groups in total. The van der Waals surface area contributed by atoms with Gasteiger partial charge < -0.3 is 0 Å². The fourth-order valence-electron chi connectivity index (χ4n) is 1.35. The maximum Gasteiger partial charge on any atom is 0.283 e. The Morgan fingerprint density at radius 2 is 2.27 bits per heavy atom. The Labute approximate surface area is 85.4 Å². The van der Waals surface area contributed by atoms with Crippen LogP contribution in [0.25, 0.3) is 5.82 Å². The molecule has 0 aliphatic heterocycles. The molecule has 0 spiro atoms. The SMILES string of the molecule is Cc1[nH]n(-c2ccccn2)c(=O)c1C=O. The Balaban J connectivity index is 2.66.